The van der Waals surface area contributed by atoms with E-state index in [2.05, 4.69) is 26.1 Å². The molecule has 0 unspecified atom stereocenters. The van der Waals surface area contributed by atoms with Crippen molar-refractivity contribution in [3.63, 3.8) is 0 Å². The summed E-state index contributed by atoms with van der Waals surface area (Å²) in [6.07, 6.45) is 0.206. The van der Waals surface area contributed by atoms with Gasteiger partial charge in [0, 0.05) is 36.2 Å². The maximum Gasteiger partial charge on any atom is 0.133 e. The van der Waals surface area contributed by atoms with Gasteiger partial charge in [-0.25, -0.2) is 8.78 Å². The summed E-state index contributed by atoms with van der Waals surface area (Å²) in [7, 11) is 1.37. The Labute approximate surface area is 119 Å². The summed E-state index contributed by atoms with van der Waals surface area (Å²) in [5, 5.41) is 3.27. The first-order valence-corrected chi connectivity index (χ1v) is 6.68. The summed E-state index contributed by atoms with van der Waals surface area (Å²) >= 11 is 0. The van der Waals surface area contributed by atoms with Gasteiger partial charge in [0.1, 0.15) is 17.4 Å². The zero-order valence-corrected chi connectivity index (χ0v) is 12.6. The largest absolute Gasteiger partial charge is 0.497 e. The van der Waals surface area contributed by atoms with E-state index in [-0.39, 0.29) is 29.9 Å². The van der Waals surface area contributed by atoms with Crippen molar-refractivity contribution in [2.75, 3.05) is 26.9 Å². The highest BCUT2D eigenvalue weighted by molar-refractivity contribution is 5.30. The molecule has 0 aliphatic heterocycles. The van der Waals surface area contributed by atoms with E-state index in [4.69, 9.17) is 9.47 Å². The van der Waals surface area contributed by atoms with Crippen molar-refractivity contribution in [1.82, 2.24) is 5.32 Å². The molecule has 0 spiro atoms. The van der Waals surface area contributed by atoms with Crippen molar-refractivity contribution in [3.05, 3.63) is 29.3 Å². The lowest BCUT2D eigenvalue weighted by molar-refractivity contribution is 0.132. The van der Waals surface area contributed by atoms with Gasteiger partial charge in [0.2, 0.25) is 0 Å². The lowest BCUT2D eigenvalue weighted by atomic mass is 10.1. The molecule has 0 fully saturated rings. The molecule has 114 valence electrons. The fraction of sp³-hybridized carbons (Fsp3) is 0.600. The zero-order chi connectivity index (χ0) is 15.2. The van der Waals surface area contributed by atoms with Crippen LogP contribution >= 0.6 is 0 Å². The highest BCUT2D eigenvalue weighted by Gasteiger charge is 2.12. The van der Waals surface area contributed by atoms with Gasteiger partial charge < -0.3 is 14.8 Å². The minimum Gasteiger partial charge on any atom is -0.497 e. The Balaban J connectivity index is 2.36. The molecular weight excluding hydrogens is 264 g/mol. The van der Waals surface area contributed by atoms with Gasteiger partial charge in [0.15, 0.2) is 0 Å². The molecule has 1 aromatic carbocycles. The summed E-state index contributed by atoms with van der Waals surface area (Å²) in [5.41, 5.74) is 0.0759. The number of nitrogens with one attached hydrogen (secondary N) is 1. The molecule has 0 heterocycles. The monoisotopic (exact) mass is 287 g/mol. The summed E-state index contributed by atoms with van der Waals surface area (Å²) in [6, 6.07) is 2.36. The summed E-state index contributed by atoms with van der Waals surface area (Å²) < 4.78 is 37.5. The van der Waals surface area contributed by atoms with E-state index in [9.17, 15) is 8.78 Å². The van der Waals surface area contributed by atoms with Crippen LogP contribution in [0.25, 0.3) is 0 Å². The fourth-order valence-electron chi connectivity index (χ4n) is 1.71. The van der Waals surface area contributed by atoms with E-state index in [1.165, 1.54) is 19.2 Å². The Morgan fingerprint density at radius 3 is 2.20 bits per heavy atom. The molecule has 1 N–H and O–H groups in total. The number of benzene rings is 1. The van der Waals surface area contributed by atoms with Crippen molar-refractivity contribution in [2.45, 2.75) is 32.7 Å². The molecule has 0 aliphatic rings. The van der Waals surface area contributed by atoms with Crippen LogP contribution in [0.3, 0.4) is 0 Å². The van der Waals surface area contributed by atoms with Gasteiger partial charge in [-0.3, -0.25) is 0 Å². The molecule has 0 amide bonds. The highest BCUT2D eigenvalue weighted by Crippen LogP contribution is 2.20. The smallest absolute Gasteiger partial charge is 0.133 e. The Bertz CT molecular complexity index is 407. The van der Waals surface area contributed by atoms with Gasteiger partial charge in [0.25, 0.3) is 0 Å². The maximum atomic E-state index is 13.6. The SMILES string of the molecule is COc1cc(F)c(CCOCCNC(C)(C)C)c(F)c1. The predicted molar refractivity (Wildman–Crippen MR) is 75.2 cm³/mol. The van der Waals surface area contributed by atoms with Crippen LogP contribution in [0.4, 0.5) is 8.78 Å². The van der Waals surface area contributed by atoms with Crippen LogP contribution in [0.15, 0.2) is 12.1 Å². The van der Waals surface area contributed by atoms with E-state index >= 15 is 0 Å². The molecule has 0 saturated carbocycles. The van der Waals surface area contributed by atoms with E-state index < -0.39 is 11.6 Å². The molecule has 3 nitrogen and oxygen atoms in total. The molecule has 1 aromatic rings. The maximum absolute atomic E-state index is 13.6. The van der Waals surface area contributed by atoms with E-state index in [0.717, 1.165) is 0 Å². The number of halogens is 2. The number of rotatable bonds is 7. The van der Waals surface area contributed by atoms with Crippen LogP contribution in [0.2, 0.25) is 0 Å². The fourth-order valence-corrected chi connectivity index (χ4v) is 1.71. The number of methoxy groups -OCH3 is 1. The normalized spacial score (nSPS) is 11.7. The molecule has 0 aromatic heterocycles. The van der Waals surface area contributed by atoms with E-state index in [0.29, 0.717) is 13.2 Å². The topological polar surface area (TPSA) is 30.5 Å². The zero-order valence-electron chi connectivity index (χ0n) is 12.6. The first-order valence-electron chi connectivity index (χ1n) is 6.68. The second-order valence-electron chi connectivity index (χ2n) is 5.61. The molecule has 1 rings (SSSR count). The van der Waals surface area contributed by atoms with Crippen LogP contribution in [-0.2, 0) is 11.2 Å². The van der Waals surface area contributed by atoms with Crippen molar-refractivity contribution in [1.29, 1.82) is 0 Å². The van der Waals surface area contributed by atoms with Crippen molar-refractivity contribution < 1.29 is 18.3 Å². The van der Waals surface area contributed by atoms with Crippen LogP contribution in [0, 0.1) is 11.6 Å². The van der Waals surface area contributed by atoms with Gasteiger partial charge >= 0.3 is 0 Å². The quantitative estimate of drug-likeness (QED) is 0.782. The van der Waals surface area contributed by atoms with Crippen LogP contribution < -0.4 is 10.1 Å². The molecule has 0 radical (unpaired) electrons. The number of ether oxygens (including phenoxy) is 2. The van der Waals surface area contributed by atoms with Crippen LogP contribution in [0.5, 0.6) is 5.75 Å². The molecule has 20 heavy (non-hydrogen) atoms. The van der Waals surface area contributed by atoms with Crippen molar-refractivity contribution in [2.24, 2.45) is 0 Å². The summed E-state index contributed by atoms with van der Waals surface area (Å²) in [5.74, 6) is -1.02. The molecular formula is C15H23F2NO2. The Morgan fingerprint density at radius 2 is 1.70 bits per heavy atom. The van der Waals surface area contributed by atoms with Crippen LogP contribution in [0.1, 0.15) is 26.3 Å². The predicted octanol–water partition coefficient (Wildman–Crippen LogP) is 2.92. The average Bonchev–Trinajstić information content (AvgIpc) is 2.34. The Morgan fingerprint density at radius 1 is 1.10 bits per heavy atom. The van der Waals surface area contributed by atoms with Gasteiger partial charge in [0.05, 0.1) is 20.3 Å². The highest BCUT2D eigenvalue weighted by atomic mass is 19.1. The standard InChI is InChI=1S/C15H23F2NO2/c1-15(2,3)18-6-8-20-7-5-12-13(16)9-11(19-4)10-14(12)17/h9-10,18H,5-8H2,1-4H3. The van der Waals surface area contributed by atoms with Gasteiger partial charge in [-0.05, 0) is 20.8 Å². The lowest BCUT2D eigenvalue weighted by Gasteiger charge is -2.20. The Kier molecular flexibility index (Phi) is 6.36. The van der Waals surface area contributed by atoms with Gasteiger partial charge in [-0.2, -0.15) is 0 Å². The second kappa shape index (κ2) is 7.55. The third-order valence-electron chi connectivity index (χ3n) is 2.75. The Hall–Kier alpha value is -1.20. The number of hydrogen-bond acceptors (Lipinski definition) is 3. The number of hydrogen-bond donors (Lipinski definition) is 1. The van der Waals surface area contributed by atoms with Crippen LogP contribution in [-0.4, -0.2) is 32.4 Å². The van der Waals surface area contributed by atoms with Crippen molar-refractivity contribution >= 4 is 0 Å². The van der Waals surface area contributed by atoms with E-state index in [1.54, 1.807) is 0 Å². The minimum absolute atomic E-state index is 0.0366. The molecule has 0 bridgehead atoms. The summed E-state index contributed by atoms with van der Waals surface area (Å²) in [4.78, 5) is 0. The minimum atomic E-state index is -0.599. The van der Waals surface area contributed by atoms with Crippen molar-refractivity contribution in [3.8, 4) is 5.75 Å². The lowest BCUT2D eigenvalue weighted by Crippen LogP contribution is -2.38. The molecule has 0 atom stereocenters. The first-order chi connectivity index (χ1) is 9.33. The average molecular weight is 287 g/mol. The second-order valence-corrected chi connectivity index (χ2v) is 5.61. The summed E-state index contributed by atoms with van der Waals surface area (Å²) in [6.45, 7) is 7.69. The van der Waals surface area contributed by atoms with E-state index in [1.807, 2.05) is 0 Å². The van der Waals surface area contributed by atoms with Gasteiger partial charge in [-0.1, -0.05) is 0 Å². The van der Waals surface area contributed by atoms with Gasteiger partial charge in [-0.15, -0.1) is 0 Å². The first kappa shape index (κ1) is 16.9. The molecule has 5 heteroatoms. The third kappa shape index (κ3) is 5.84. The molecule has 0 saturated heterocycles. The third-order valence-corrected chi connectivity index (χ3v) is 2.75. The molecule has 0 aliphatic carbocycles.